The molecule has 216 valence electrons. The maximum Gasteiger partial charge on any atom is 0.319 e. The van der Waals surface area contributed by atoms with E-state index >= 15 is 8.78 Å². The highest BCUT2D eigenvalue weighted by molar-refractivity contribution is 6.01. The van der Waals surface area contributed by atoms with E-state index in [0.29, 0.717) is 42.7 Å². The predicted molar refractivity (Wildman–Crippen MR) is 154 cm³/mol. The van der Waals surface area contributed by atoms with Crippen LogP contribution in [-0.4, -0.2) is 76.3 Å². The Labute approximate surface area is 238 Å². The van der Waals surface area contributed by atoms with E-state index in [1.807, 2.05) is 6.07 Å². The first-order valence-corrected chi connectivity index (χ1v) is 14.8. The van der Waals surface area contributed by atoms with E-state index < -0.39 is 17.8 Å². The highest BCUT2D eigenvalue weighted by atomic mass is 19.1. The van der Waals surface area contributed by atoms with E-state index in [2.05, 4.69) is 57.5 Å². The minimum absolute atomic E-state index is 0.0270. The molecule has 0 saturated carbocycles. The van der Waals surface area contributed by atoms with Gasteiger partial charge in [-0.1, -0.05) is 43.8 Å². The van der Waals surface area contributed by atoms with Crippen LogP contribution < -0.4 is 9.64 Å². The molecular weight excluding hydrogens is 527 g/mol. The van der Waals surface area contributed by atoms with Gasteiger partial charge in [-0.15, -0.1) is 0 Å². The number of benzene rings is 2. The monoisotopic (exact) mass is 563 g/mol. The van der Waals surface area contributed by atoms with Crippen molar-refractivity contribution in [1.29, 1.82) is 0 Å². The Bertz CT molecular complexity index is 1490. The van der Waals surface area contributed by atoms with Gasteiger partial charge in [0, 0.05) is 56.3 Å². The molecule has 6 nitrogen and oxygen atoms in total. The first-order chi connectivity index (χ1) is 19.8. The lowest BCUT2D eigenvalue weighted by Gasteiger charge is -2.46. The third kappa shape index (κ3) is 4.57. The molecule has 0 bridgehead atoms. The number of nitrogens with zero attached hydrogens (tertiary/aromatic N) is 5. The van der Waals surface area contributed by atoms with Crippen LogP contribution in [0.4, 0.5) is 19.0 Å². The summed E-state index contributed by atoms with van der Waals surface area (Å²) in [5.41, 5.74) is 1.81. The molecule has 0 aliphatic carbocycles. The lowest BCUT2D eigenvalue weighted by Crippen LogP contribution is -2.58. The van der Waals surface area contributed by atoms with Crippen molar-refractivity contribution in [3.63, 3.8) is 0 Å². The molecule has 0 spiro atoms. The minimum Gasteiger partial charge on any atom is -0.461 e. The number of hydrogen-bond acceptors (Lipinski definition) is 6. The van der Waals surface area contributed by atoms with E-state index in [9.17, 15) is 4.39 Å². The molecule has 4 aliphatic heterocycles. The summed E-state index contributed by atoms with van der Waals surface area (Å²) in [5.74, 6) is -0.900. The molecule has 3 aromatic rings. The van der Waals surface area contributed by atoms with Gasteiger partial charge in [0.15, 0.2) is 5.82 Å². The molecule has 0 N–H and O–H groups in total. The van der Waals surface area contributed by atoms with Crippen LogP contribution in [-0.2, 0) is 6.54 Å². The summed E-state index contributed by atoms with van der Waals surface area (Å²) in [6.45, 7) is 10.1. The number of aromatic nitrogens is 2. The molecule has 3 saturated heterocycles. The van der Waals surface area contributed by atoms with Gasteiger partial charge in [0.1, 0.15) is 29.9 Å². The molecule has 0 radical (unpaired) electrons. The third-order valence-electron chi connectivity index (χ3n) is 9.69. The van der Waals surface area contributed by atoms with Gasteiger partial charge in [-0.25, -0.2) is 13.2 Å². The summed E-state index contributed by atoms with van der Waals surface area (Å²) >= 11 is 0. The van der Waals surface area contributed by atoms with Gasteiger partial charge in [0.2, 0.25) is 0 Å². The van der Waals surface area contributed by atoms with Crippen LogP contribution in [0.1, 0.15) is 50.2 Å². The summed E-state index contributed by atoms with van der Waals surface area (Å²) in [7, 11) is 0. The number of anilines is 1. The quantitative estimate of drug-likeness (QED) is 0.381. The second kappa shape index (κ2) is 10.3. The van der Waals surface area contributed by atoms with Crippen LogP contribution in [0.15, 0.2) is 43.0 Å². The topological polar surface area (TPSA) is 44.7 Å². The highest BCUT2D eigenvalue weighted by Gasteiger charge is 2.49. The molecule has 0 amide bonds. The molecule has 41 heavy (non-hydrogen) atoms. The summed E-state index contributed by atoms with van der Waals surface area (Å²) in [4.78, 5) is 16.2. The Morgan fingerprint density at radius 2 is 1.93 bits per heavy atom. The lowest BCUT2D eigenvalue weighted by atomic mass is 9.95. The first kappa shape index (κ1) is 26.7. The number of halogens is 3. The smallest absolute Gasteiger partial charge is 0.319 e. The van der Waals surface area contributed by atoms with Crippen molar-refractivity contribution < 1.29 is 17.9 Å². The second-order valence-electron chi connectivity index (χ2n) is 12.2. The number of piperazine rings is 1. The number of rotatable bonds is 6. The average molecular weight is 564 g/mol. The zero-order valence-corrected chi connectivity index (χ0v) is 23.5. The summed E-state index contributed by atoms with van der Waals surface area (Å²) in [6, 6.07) is 11.5. The van der Waals surface area contributed by atoms with Crippen molar-refractivity contribution in [2.45, 2.75) is 69.4 Å². The van der Waals surface area contributed by atoms with Crippen LogP contribution in [0.5, 0.6) is 6.01 Å². The zero-order valence-electron chi connectivity index (χ0n) is 23.5. The van der Waals surface area contributed by atoms with Crippen molar-refractivity contribution in [3.8, 4) is 6.01 Å². The van der Waals surface area contributed by atoms with Crippen LogP contribution >= 0.6 is 0 Å². The SMILES string of the molecule is C=C1C[C@@H]2CN(Cc3ccccc3)[C@H](CC)CN2c2nc(OC[C@@]34CCCN3C[C@H](F)C4)nc3c(F)cc(F)c1c23. The van der Waals surface area contributed by atoms with Crippen LogP contribution in [0.3, 0.4) is 0 Å². The average Bonchev–Trinajstić information content (AvgIpc) is 3.44. The van der Waals surface area contributed by atoms with Crippen molar-refractivity contribution >= 4 is 22.3 Å². The van der Waals surface area contributed by atoms with Crippen molar-refractivity contribution in [1.82, 2.24) is 19.8 Å². The Kier molecular flexibility index (Phi) is 6.70. The normalized spacial score (nSPS) is 28.1. The minimum atomic E-state index is -0.881. The maximum atomic E-state index is 15.4. The van der Waals surface area contributed by atoms with Crippen LogP contribution in [0.2, 0.25) is 0 Å². The van der Waals surface area contributed by atoms with Gasteiger partial charge in [-0.3, -0.25) is 9.80 Å². The second-order valence-corrected chi connectivity index (χ2v) is 12.2. The van der Waals surface area contributed by atoms with E-state index in [-0.39, 0.29) is 41.3 Å². The molecule has 4 atom stereocenters. The fraction of sp³-hybridized carbons (Fsp3) is 0.500. The molecule has 5 heterocycles. The molecule has 0 unspecified atom stereocenters. The first-order valence-electron chi connectivity index (χ1n) is 14.8. The lowest BCUT2D eigenvalue weighted by molar-refractivity contribution is 0.107. The van der Waals surface area contributed by atoms with Crippen LogP contribution in [0, 0.1) is 11.6 Å². The van der Waals surface area contributed by atoms with E-state index in [1.165, 1.54) is 5.56 Å². The van der Waals surface area contributed by atoms with Crippen molar-refractivity contribution in [2.24, 2.45) is 0 Å². The van der Waals surface area contributed by atoms with Gasteiger partial charge >= 0.3 is 6.01 Å². The van der Waals surface area contributed by atoms with Gasteiger partial charge in [-0.2, -0.15) is 9.97 Å². The summed E-state index contributed by atoms with van der Waals surface area (Å²) in [6.07, 6.45) is 2.83. The fourth-order valence-corrected chi connectivity index (χ4v) is 7.70. The highest BCUT2D eigenvalue weighted by Crippen LogP contribution is 2.44. The standard InChI is InChI=1S/C32H36F3N5O/c1-3-23-18-40-24(17-38(23)15-21-8-5-4-6-9-21)12-20(2)27-25(34)13-26(35)29-28(27)30(40)37-31(36-29)41-19-32-10-7-11-39(32)16-22(33)14-32/h4-6,8-9,13,22-24H,2-3,7,10-12,14-19H2,1H3/t22-,23-,24-,32+/m1/s1. The largest absolute Gasteiger partial charge is 0.461 e. The molecular formula is C32H36F3N5O. The Morgan fingerprint density at radius 1 is 1.10 bits per heavy atom. The molecule has 7 rings (SSSR count). The molecule has 1 aromatic heterocycles. The number of hydrogen-bond donors (Lipinski definition) is 0. The Morgan fingerprint density at radius 3 is 2.73 bits per heavy atom. The summed E-state index contributed by atoms with van der Waals surface area (Å²) < 4.78 is 51.3. The molecule has 2 aromatic carbocycles. The maximum absolute atomic E-state index is 15.4. The van der Waals surface area contributed by atoms with Gasteiger partial charge in [0.05, 0.1) is 10.9 Å². The van der Waals surface area contributed by atoms with E-state index in [4.69, 9.17) is 9.72 Å². The zero-order chi connectivity index (χ0) is 28.3. The van der Waals surface area contributed by atoms with Gasteiger partial charge < -0.3 is 9.64 Å². The Hall–Kier alpha value is -3.17. The van der Waals surface area contributed by atoms with Crippen molar-refractivity contribution in [2.75, 3.05) is 37.7 Å². The third-order valence-corrected chi connectivity index (χ3v) is 9.69. The van der Waals surface area contributed by atoms with Crippen molar-refractivity contribution in [3.05, 3.63) is 65.7 Å². The van der Waals surface area contributed by atoms with E-state index in [1.54, 1.807) is 0 Å². The molecule has 9 heteroatoms. The van der Waals surface area contributed by atoms with E-state index in [0.717, 1.165) is 45.0 Å². The molecule has 4 aliphatic rings. The Balaban J connectivity index is 1.27. The number of fused-ring (bicyclic) bond motifs is 3. The van der Waals surface area contributed by atoms with Crippen LogP contribution in [0.25, 0.3) is 16.5 Å². The van der Waals surface area contributed by atoms with Gasteiger partial charge in [0.25, 0.3) is 0 Å². The number of ether oxygens (including phenoxy) is 1. The number of alkyl halides is 1. The van der Waals surface area contributed by atoms with Gasteiger partial charge in [-0.05, 0) is 43.4 Å². The molecule has 3 fully saturated rings. The fourth-order valence-electron chi connectivity index (χ4n) is 7.70. The summed E-state index contributed by atoms with van der Waals surface area (Å²) in [5, 5.41) is 0.360. The predicted octanol–water partition coefficient (Wildman–Crippen LogP) is 5.75.